The molecule has 7 nitrogen and oxygen atoms in total. The van der Waals surface area contributed by atoms with Crippen LogP contribution in [0.25, 0.3) is 0 Å². The minimum absolute atomic E-state index is 0.0358. The molecule has 1 aliphatic heterocycles. The maximum atomic E-state index is 13.3. The van der Waals surface area contributed by atoms with Crippen LogP contribution in [-0.4, -0.2) is 56.1 Å². The topological polar surface area (TPSA) is 87.1 Å². The van der Waals surface area contributed by atoms with Crippen molar-refractivity contribution in [3.63, 3.8) is 0 Å². The standard InChI is InChI=1S/C19H24N3O4S2/c1-14-10-15(2)12-17(11-14)27-18-5-4-16(22(23)24)13-19(18)28(25,26)21-8-6-20(3)7-9-21/h4-5,10-13,23H,6-9H2,1-3H3/q-1. The van der Waals surface area contributed by atoms with Gasteiger partial charge in [-0.1, -0.05) is 17.8 Å². The number of sulfonamides is 1. The van der Waals surface area contributed by atoms with Gasteiger partial charge in [-0.2, -0.15) is 4.31 Å². The molecule has 1 saturated heterocycles. The molecule has 0 saturated carbocycles. The summed E-state index contributed by atoms with van der Waals surface area (Å²) in [5.74, 6) is 0. The third-order valence-electron chi connectivity index (χ3n) is 4.65. The monoisotopic (exact) mass is 422 g/mol. The van der Waals surface area contributed by atoms with E-state index in [-0.39, 0.29) is 15.8 Å². The Morgan fingerprint density at radius 1 is 1.04 bits per heavy atom. The first kappa shape index (κ1) is 21.1. The highest BCUT2D eigenvalue weighted by Gasteiger charge is 2.30. The second-order valence-electron chi connectivity index (χ2n) is 7.04. The Morgan fingerprint density at radius 3 is 2.21 bits per heavy atom. The van der Waals surface area contributed by atoms with E-state index in [4.69, 9.17) is 0 Å². The van der Waals surface area contributed by atoms with Crippen molar-refractivity contribution < 1.29 is 13.6 Å². The van der Waals surface area contributed by atoms with E-state index < -0.39 is 10.0 Å². The van der Waals surface area contributed by atoms with E-state index in [1.54, 1.807) is 6.07 Å². The number of hydrogen-bond acceptors (Lipinski definition) is 7. The molecule has 2 aromatic rings. The van der Waals surface area contributed by atoms with E-state index in [0.29, 0.717) is 31.1 Å². The van der Waals surface area contributed by atoms with Gasteiger partial charge in [-0.05, 0) is 62.4 Å². The Balaban J connectivity index is 2.03. The number of likely N-dealkylation sites (N-methyl/N-ethyl adjacent to an activating group) is 1. The van der Waals surface area contributed by atoms with E-state index in [9.17, 15) is 18.8 Å². The van der Waals surface area contributed by atoms with Crippen molar-refractivity contribution in [1.82, 2.24) is 9.21 Å². The van der Waals surface area contributed by atoms with E-state index in [2.05, 4.69) is 11.0 Å². The summed E-state index contributed by atoms with van der Waals surface area (Å²) in [4.78, 5) is 3.55. The van der Waals surface area contributed by atoms with Crippen LogP contribution in [0.2, 0.25) is 0 Å². The molecule has 0 aliphatic carbocycles. The molecule has 9 heteroatoms. The summed E-state index contributed by atoms with van der Waals surface area (Å²) in [6.07, 6.45) is 0. The summed E-state index contributed by atoms with van der Waals surface area (Å²) in [5.41, 5.74) is 2.06. The van der Waals surface area contributed by atoms with Crippen LogP contribution in [0, 0.1) is 19.1 Å². The van der Waals surface area contributed by atoms with Crippen molar-refractivity contribution in [2.45, 2.75) is 28.5 Å². The second-order valence-corrected chi connectivity index (χ2v) is 10.1. The fraction of sp³-hybridized carbons (Fsp3) is 0.368. The third kappa shape index (κ3) is 4.68. The number of aryl methyl sites for hydroxylation is 2. The molecule has 0 spiro atoms. The number of piperazine rings is 1. The Bertz CT molecular complexity index is 935. The lowest BCUT2D eigenvalue weighted by Crippen LogP contribution is -2.47. The smallest absolute Gasteiger partial charge is 0.244 e. The molecule has 3 rings (SSSR count). The average molecular weight is 423 g/mol. The summed E-state index contributed by atoms with van der Waals surface area (Å²) in [7, 11) is -1.85. The van der Waals surface area contributed by atoms with E-state index >= 15 is 0 Å². The lowest BCUT2D eigenvalue weighted by atomic mass is 10.2. The molecule has 0 unspecified atom stereocenters. The van der Waals surface area contributed by atoms with Crippen LogP contribution in [0.4, 0.5) is 5.69 Å². The molecule has 1 heterocycles. The summed E-state index contributed by atoms with van der Waals surface area (Å²) in [6.45, 7) is 6.04. The van der Waals surface area contributed by atoms with Crippen molar-refractivity contribution >= 4 is 27.5 Å². The summed E-state index contributed by atoms with van der Waals surface area (Å²) < 4.78 is 28.0. The van der Waals surface area contributed by atoms with Crippen molar-refractivity contribution in [3.8, 4) is 0 Å². The van der Waals surface area contributed by atoms with Crippen LogP contribution in [-0.2, 0) is 10.0 Å². The zero-order chi connectivity index (χ0) is 20.5. The molecular formula is C19H24N3O4S2-. The van der Waals surface area contributed by atoms with Gasteiger partial charge in [-0.15, -0.1) is 0 Å². The summed E-state index contributed by atoms with van der Waals surface area (Å²) >= 11 is 1.34. The average Bonchev–Trinajstić information content (AvgIpc) is 2.61. The van der Waals surface area contributed by atoms with Crippen molar-refractivity contribution in [2.75, 3.05) is 38.5 Å². The van der Waals surface area contributed by atoms with Crippen molar-refractivity contribution in [2.24, 2.45) is 0 Å². The number of hydrogen-bond donors (Lipinski definition) is 1. The van der Waals surface area contributed by atoms with E-state index in [1.807, 2.05) is 33.0 Å². The van der Waals surface area contributed by atoms with Crippen molar-refractivity contribution in [1.29, 1.82) is 0 Å². The fourth-order valence-electron chi connectivity index (χ4n) is 3.19. The largest absolute Gasteiger partial charge is 0.733 e. The number of rotatable bonds is 5. The lowest BCUT2D eigenvalue weighted by molar-refractivity contribution is 0.222. The molecule has 0 bridgehead atoms. The minimum Gasteiger partial charge on any atom is -0.733 e. The van der Waals surface area contributed by atoms with Crippen LogP contribution in [0.5, 0.6) is 0 Å². The van der Waals surface area contributed by atoms with Gasteiger partial charge in [0.2, 0.25) is 10.0 Å². The van der Waals surface area contributed by atoms with Gasteiger partial charge in [0, 0.05) is 36.0 Å². The summed E-state index contributed by atoms with van der Waals surface area (Å²) in [5, 5.41) is 20.3. The molecule has 1 N–H and O–H groups in total. The predicted octanol–water partition coefficient (Wildman–Crippen LogP) is 3.08. The number of anilines is 1. The SMILES string of the molecule is Cc1cc(C)cc(Sc2ccc(N([O-])O)cc2S(=O)(=O)N2CCN(C)CC2)c1. The van der Waals surface area contributed by atoms with Crippen molar-refractivity contribution in [3.05, 3.63) is 52.7 Å². The first-order valence-corrected chi connectivity index (χ1v) is 11.2. The van der Waals surface area contributed by atoms with Gasteiger partial charge in [0.25, 0.3) is 0 Å². The molecule has 2 aromatic carbocycles. The third-order valence-corrected chi connectivity index (χ3v) is 7.77. The quantitative estimate of drug-likeness (QED) is 0.741. The predicted molar refractivity (Wildman–Crippen MR) is 110 cm³/mol. The van der Waals surface area contributed by atoms with Gasteiger partial charge in [0.05, 0.1) is 10.6 Å². The number of benzene rings is 2. The van der Waals surface area contributed by atoms with Crippen LogP contribution >= 0.6 is 11.8 Å². The van der Waals surface area contributed by atoms with Gasteiger partial charge in [-0.3, -0.25) is 5.21 Å². The highest BCUT2D eigenvalue weighted by molar-refractivity contribution is 8.00. The fourth-order valence-corrected chi connectivity index (χ4v) is 6.18. The molecule has 0 amide bonds. The Kier molecular flexibility index (Phi) is 6.33. The van der Waals surface area contributed by atoms with Gasteiger partial charge >= 0.3 is 0 Å². The maximum absolute atomic E-state index is 13.3. The van der Waals surface area contributed by atoms with Crippen LogP contribution in [0.1, 0.15) is 11.1 Å². The van der Waals surface area contributed by atoms with Gasteiger partial charge in [0.1, 0.15) is 0 Å². The Labute approximate surface area is 170 Å². The van der Waals surface area contributed by atoms with Crippen LogP contribution < -0.4 is 5.23 Å². The van der Waals surface area contributed by atoms with Crippen LogP contribution in [0.15, 0.2) is 51.1 Å². The Hall–Kier alpha value is -1.62. The molecule has 1 aliphatic rings. The molecule has 1 fully saturated rings. The highest BCUT2D eigenvalue weighted by atomic mass is 32.2. The lowest BCUT2D eigenvalue weighted by Gasteiger charge is -2.32. The molecular weight excluding hydrogens is 398 g/mol. The first-order chi connectivity index (χ1) is 13.2. The van der Waals surface area contributed by atoms with Crippen LogP contribution in [0.3, 0.4) is 0 Å². The first-order valence-electron chi connectivity index (χ1n) is 8.92. The van der Waals surface area contributed by atoms with E-state index in [1.165, 1.54) is 28.2 Å². The highest BCUT2D eigenvalue weighted by Crippen LogP contribution is 2.37. The van der Waals surface area contributed by atoms with Gasteiger partial charge in [0.15, 0.2) is 0 Å². The maximum Gasteiger partial charge on any atom is 0.244 e. The Morgan fingerprint density at radius 2 is 1.64 bits per heavy atom. The molecule has 152 valence electrons. The molecule has 0 radical (unpaired) electrons. The second kappa shape index (κ2) is 8.40. The zero-order valence-corrected chi connectivity index (χ0v) is 17.8. The molecule has 0 atom stereocenters. The van der Waals surface area contributed by atoms with Gasteiger partial charge < -0.3 is 15.3 Å². The normalized spacial score (nSPS) is 16.3. The molecule has 0 aromatic heterocycles. The zero-order valence-electron chi connectivity index (χ0n) is 16.1. The number of nitrogens with zero attached hydrogens (tertiary/aromatic N) is 3. The van der Waals surface area contributed by atoms with E-state index in [0.717, 1.165) is 16.0 Å². The van der Waals surface area contributed by atoms with Gasteiger partial charge in [-0.25, -0.2) is 8.42 Å². The molecule has 28 heavy (non-hydrogen) atoms. The minimum atomic E-state index is -3.80. The summed E-state index contributed by atoms with van der Waals surface area (Å²) in [6, 6.07) is 10.3.